The van der Waals surface area contributed by atoms with Gasteiger partial charge in [-0.25, -0.2) is 15.0 Å². The monoisotopic (exact) mass is 605 g/mol. The minimum absolute atomic E-state index is 0.0419. The van der Waals surface area contributed by atoms with E-state index in [0.717, 1.165) is 68.1 Å². The van der Waals surface area contributed by atoms with Gasteiger partial charge in [-0.1, -0.05) is 11.6 Å². The number of anilines is 1. The van der Waals surface area contributed by atoms with Gasteiger partial charge in [-0.15, -0.1) is 0 Å². The maximum absolute atomic E-state index is 13.1. The van der Waals surface area contributed by atoms with Crippen molar-refractivity contribution in [3.8, 4) is 0 Å². The molecule has 0 amide bonds. The highest BCUT2D eigenvalue weighted by Crippen LogP contribution is 2.40. The molecule has 42 heavy (non-hydrogen) atoms. The van der Waals surface area contributed by atoms with Crippen molar-refractivity contribution in [1.82, 2.24) is 29.4 Å². The Hall–Kier alpha value is -2.93. The lowest BCUT2D eigenvalue weighted by atomic mass is 10.0. The third-order valence-electron chi connectivity index (χ3n) is 8.57. The number of nitrogens with zero attached hydrogens (tertiary/aromatic N) is 5. The second kappa shape index (κ2) is 11.6. The number of aryl methyl sites for hydroxylation is 1. The molecular weight excluding hydrogens is 571 g/mol. The number of aliphatic hydroxyl groups is 2. The van der Waals surface area contributed by atoms with Gasteiger partial charge in [-0.05, 0) is 82.8 Å². The second-order valence-electron chi connectivity index (χ2n) is 11.7. The molecule has 4 aromatic rings. The van der Waals surface area contributed by atoms with E-state index < -0.39 is 23.9 Å². The van der Waals surface area contributed by atoms with Crippen LogP contribution >= 0.6 is 11.6 Å². The summed E-state index contributed by atoms with van der Waals surface area (Å²) in [5.74, 6) is 1.41. The molecule has 2 aliphatic rings. The molecule has 9 nitrogen and oxygen atoms in total. The number of H-pyrrole nitrogens is 1. The van der Waals surface area contributed by atoms with Crippen LogP contribution < -0.4 is 5.32 Å². The van der Waals surface area contributed by atoms with Crippen molar-refractivity contribution >= 4 is 39.5 Å². The first kappa shape index (κ1) is 29.2. The zero-order valence-corrected chi connectivity index (χ0v) is 24.0. The van der Waals surface area contributed by atoms with Crippen LogP contribution in [0, 0.1) is 5.92 Å². The molecule has 1 aromatic carbocycles. The minimum atomic E-state index is -4.52. The second-order valence-corrected chi connectivity index (χ2v) is 12.1. The number of unbranched alkanes of at least 4 members (excludes halogenated alkanes) is 1. The fourth-order valence-corrected chi connectivity index (χ4v) is 6.29. The number of aromatic nitrogens is 5. The van der Waals surface area contributed by atoms with Crippen LogP contribution in [0.5, 0.6) is 0 Å². The Bertz CT molecular complexity index is 1550. The average Bonchev–Trinajstić information content (AvgIpc) is 3.39. The molecule has 0 bridgehead atoms. The van der Waals surface area contributed by atoms with Crippen molar-refractivity contribution in [1.29, 1.82) is 0 Å². The van der Waals surface area contributed by atoms with Crippen LogP contribution in [0.1, 0.15) is 56.0 Å². The molecule has 3 aromatic heterocycles. The molecule has 13 heteroatoms. The Labute approximate surface area is 246 Å². The first-order chi connectivity index (χ1) is 20.1. The topological polar surface area (TPSA) is 115 Å². The van der Waals surface area contributed by atoms with Gasteiger partial charge in [0.05, 0.1) is 39.2 Å². The molecule has 2 saturated carbocycles. The quantitative estimate of drug-likeness (QED) is 0.174. The maximum Gasteiger partial charge on any atom is 0.417 e. The van der Waals surface area contributed by atoms with Crippen LogP contribution in [0.25, 0.3) is 22.1 Å². The van der Waals surface area contributed by atoms with Gasteiger partial charge >= 0.3 is 6.18 Å². The van der Waals surface area contributed by atoms with Crippen molar-refractivity contribution in [2.45, 2.75) is 75.4 Å². The molecule has 0 saturated heterocycles. The lowest BCUT2D eigenvalue weighted by molar-refractivity contribution is -0.137. The zero-order valence-electron chi connectivity index (χ0n) is 23.3. The predicted octanol–water partition coefficient (Wildman–Crippen LogP) is 5.18. The first-order valence-electron chi connectivity index (χ1n) is 14.5. The van der Waals surface area contributed by atoms with E-state index in [-0.39, 0.29) is 17.0 Å². The molecule has 226 valence electrons. The molecule has 2 aliphatic carbocycles. The van der Waals surface area contributed by atoms with E-state index in [1.165, 1.54) is 6.07 Å². The lowest BCUT2D eigenvalue weighted by Crippen LogP contribution is -2.31. The van der Waals surface area contributed by atoms with Gasteiger partial charge in [-0.2, -0.15) is 13.2 Å². The molecule has 2 fully saturated rings. The van der Waals surface area contributed by atoms with E-state index >= 15 is 0 Å². The number of aliphatic hydroxyl groups excluding tert-OH is 2. The third kappa shape index (κ3) is 6.08. The zero-order chi connectivity index (χ0) is 29.6. The van der Waals surface area contributed by atoms with Gasteiger partial charge in [0.1, 0.15) is 29.7 Å². The number of rotatable bonds is 11. The Kier molecular flexibility index (Phi) is 8.07. The summed E-state index contributed by atoms with van der Waals surface area (Å²) in [5.41, 5.74) is 0.637. The highest BCUT2D eigenvalue weighted by Gasteiger charge is 2.42. The van der Waals surface area contributed by atoms with Crippen molar-refractivity contribution in [2.75, 3.05) is 25.5 Å². The van der Waals surface area contributed by atoms with E-state index in [9.17, 15) is 23.4 Å². The smallest absolute Gasteiger partial charge is 0.390 e. The average molecular weight is 606 g/mol. The fraction of sp³-hybridized carbons (Fsp3) is 0.552. The number of hydrogen-bond acceptors (Lipinski definition) is 7. The van der Waals surface area contributed by atoms with E-state index in [0.29, 0.717) is 35.7 Å². The largest absolute Gasteiger partial charge is 0.417 e. The van der Waals surface area contributed by atoms with E-state index in [4.69, 9.17) is 11.6 Å². The predicted molar refractivity (Wildman–Crippen MR) is 154 cm³/mol. The summed E-state index contributed by atoms with van der Waals surface area (Å²) in [5, 5.41) is 25.8. The Balaban J connectivity index is 0.983. The Morgan fingerprint density at radius 2 is 1.95 bits per heavy atom. The number of halogens is 4. The summed E-state index contributed by atoms with van der Waals surface area (Å²) in [6.45, 7) is 1.60. The number of alkyl halides is 3. The van der Waals surface area contributed by atoms with E-state index in [2.05, 4.69) is 30.2 Å². The molecular formula is C29H35ClF3N7O2. The summed E-state index contributed by atoms with van der Waals surface area (Å²) in [6, 6.07) is 4.44. The lowest BCUT2D eigenvalue weighted by Gasteiger charge is -2.21. The Morgan fingerprint density at radius 3 is 2.71 bits per heavy atom. The molecule has 0 radical (unpaired) electrons. The van der Waals surface area contributed by atoms with Gasteiger partial charge < -0.3 is 30.0 Å². The highest BCUT2D eigenvalue weighted by atomic mass is 35.5. The number of aromatic amines is 1. The molecule has 3 heterocycles. The van der Waals surface area contributed by atoms with Crippen molar-refractivity contribution in [3.05, 3.63) is 47.1 Å². The molecule has 6 rings (SSSR count). The maximum atomic E-state index is 13.1. The molecule has 4 atom stereocenters. The van der Waals surface area contributed by atoms with Gasteiger partial charge in [0.15, 0.2) is 0 Å². The van der Waals surface area contributed by atoms with Gasteiger partial charge in [0.2, 0.25) is 0 Å². The first-order valence-corrected chi connectivity index (χ1v) is 14.8. The highest BCUT2D eigenvalue weighted by molar-refractivity contribution is 6.32. The molecule has 0 spiro atoms. The summed E-state index contributed by atoms with van der Waals surface area (Å²) in [6.07, 6.45) is 3.26. The van der Waals surface area contributed by atoms with Crippen LogP contribution in [0.3, 0.4) is 0 Å². The van der Waals surface area contributed by atoms with Gasteiger partial charge in [-0.3, -0.25) is 0 Å². The van der Waals surface area contributed by atoms with Crippen LogP contribution in [0.2, 0.25) is 5.02 Å². The Morgan fingerprint density at radius 1 is 1.14 bits per heavy atom. The number of imidazole rings is 1. The SMILES string of the molecule is CN(CCCCc1nc2cc(Cl)c(C(F)(F)F)cc2[nH]1)CC[C@H]1C[C@@H](n2ccc3c(NC4CC4)ncnc32)[C@H](O)[C@@H]1O. The summed E-state index contributed by atoms with van der Waals surface area (Å²) in [4.78, 5) is 18.5. The molecule has 0 aliphatic heterocycles. The summed E-state index contributed by atoms with van der Waals surface area (Å²) < 4.78 is 41.4. The van der Waals surface area contributed by atoms with Crippen LogP contribution in [0.4, 0.5) is 19.0 Å². The van der Waals surface area contributed by atoms with Gasteiger partial charge in [0.25, 0.3) is 0 Å². The molecule has 0 unspecified atom stereocenters. The van der Waals surface area contributed by atoms with E-state index in [1.54, 1.807) is 6.33 Å². The number of fused-ring (bicyclic) bond motifs is 2. The van der Waals surface area contributed by atoms with Gasteiger partial charge in [0, 0.05) is 18.7 Å². The number of nitrogens with one attached hydrogen (secondary N) is 2. The standard InChI is InChI=1S/C29H35ClF3N7O2/c1-39(9-3-2-4-24-37-21-13-19(29(31,32)33)20(30)14-22(21)38-24)10-7-16-12-23(26(42)25(16)41)40-11-8-18-27(36-17-5-6-17)34-15-35-28(18)40/h8,11,13-17,23,25-26,41-42H,2-7,9-10,12H2,1H3,(H,37,38)(H,34,35,36)/t16-,23+,25+,26-/m0/s1. The minimum Gasteiger partial charge on any atom is -0.390 e. The van der Waals surface area contributed by atoms with Crippen LogP contribution in [-0.4, -0.2) is 78.0 Å². The molecule has 4 N–H and O–H groups in total. The van der Waals surface area contributed by atoms with Crippen molar-refractivity contribution in [3.63, 3.8) is 0 Å². The number of benzene rings is 1. The summed E-state index contributed by atoms with van der Waals surface area (Å²) >= 11 is 5.81. The van der Waals surface area contributed by atoms with Crippen molar-refractivity contribution < 1.29 is 23.4 Å². The summed E-state index contributed by atoms with van der Waals surface area (Å²) in [7, 11) is 2.03. The number of hydrogen-bond donors (Lipinski definition) is 4. The third-order valence-corrected chi connectivity index (χ3v) is 8.88. The fourth-order valence-electron chi connectivity index (χ4n) is 6.03. The normalized spacial score (nSPS) is 23.0. The van der Waals surface area contributed by atoms with Crippen LogP contribution in [-0.2, 0) is 12.6 Å². The van der Waals surface area contributed by atoms with Crippen LogP contribution in [0.15, 0.2) is 30.7 Å². The van der Waals surface area contributed by atoms with E-state index in [1.807, 2.05) is 23.9 Å². The van der Waals surface area contributed by atoms with Crippen molar-refractivity contribution in [2.24, 2.45) is 5.92 Å².